The normalized spacial score (nSPS) is 18.0. The van der Waals surface area contributed by atoms with Crippen molar-refractivity contribution in [3.05, 3.63) is 82.2 Å². The summed E-state index contributed by atoms with van der Waals surface area (Å²) in [6.07, 6.45) is 10.4. The van der Waals surface area contributed by atoms with E-state index in [1.165, 1.54) is 16.7 Å². The minimum absolute atomic E-state index is 0.132. The van der Waals surface area contributed by atoms with Gasteiger partial charge in [0.1, 0.15) is 5.60 Å². The molecule has 0 radical (unpaired) electrons. The van der Waals surface area contributed by atoms with Crippen LogP contribution in [0.2, 0.25) is 5.02 Å². The van der Waals surface area contributed by atoms with Crippen molar-refractivity contribution >= 4 is 29.3 Å². The van der Waals surface area contributed by atoms with E-state index in [9.17, 15) is 4.79 Å². The summed E-state index contributed by atoms with van der Waals surface area (Å²) in [6, 6.07) is 10.5. The maximum atomic E-state index is 12.7. The summed E-state index contributed by atoms with van der Waals surface area (Å²) in [6.45, 7) is 10.0. The Labute approximate surface area is 224 Å². The van der Waals surface area contributed by atoms with Gasteiger partial charge in [0.05, 0.1) is 12.0 Å². The second-order valence-corrected chi connectivity index (χ2v) is 11.6. The van der Waals surface area contributed by atoms with Crippen molar-refractivity contribution in [2.75, 3.05) is 13.1 Å². The molecule has 1 aliphatic carbocycles. The lowest BCUT2D eigenvalue weighted by molar-refractivity contribution is 0.0178. The first kappa shape index (κ1) is 25.5. The monoisotopic (exact) mass is 518 g/mol. The molecule has 3 heterocycles. The first-order valence-electron chi connectivity index (χ1n) is 13.1. The van der Waals surface area contributed by atoms with Gasteiger partial charge in [-0.15, -0.1) is 0 Å². The minimum Gasteiger partial charge on any atom is -0.444 e. The lowest BCUT2D eigenvalue weighted by Gasteiger charge is -2.37. The Balaban J connectivity index is 1.46. The number of piperidine rings is 1. The van der Waals surface area contributed by atoms with Gasteiger partial charge in [-0.1, -0.05) is 29.8 Å². The highest BCUT2D eigenvalue weighted by atomic mass is 35.5. The number of nitrogens with zero attached hydrogens (tertiary/aromatic N) is 4. The number of benzene rings is 1. The third-order valence-electron chi connectivity index (χ3n) is 7.40. The number of carbonyl (C=O) groups excluding carboxylic acids is 1. The predicted octanol–water partition coefficient (Wildman–Crippen LogP) is 6.96. The summed E-state index contributed by atoms with van der Waals surface area (Å²) >= 11 is 6.49. The zero-order valence-electron chi connectivity index (χ0n) is 22.1. The van der Waals surface area contributed by atoms with Crippen LogP contribution in [0.25, 0.3) is 11.6 Å². The van der Waals surface area contributed by atoms with Crippen LogP contribution >= 0.6 is 11.6 Å². The van der Waals surface area contributed by atoms with Gasteiger partial charge in [-0.25, -0.2) is 9.78 Å². The van der Waals surface area contributed by atoms with Gasteiger partial charge in [0.2, 0.25) is 0 Å². The van der Waals surface area contributed by atoms with Gasteiger partial charge in [0.25, 0.3) is 0 Å². The number of pyridine rings is 1. The molecule has 1 fully saturated rings. The zero-order valence-corrected chi connectivity index (χ0v) is 22.8. The van der Waals surface area contributed by atoms with Crippen LogP contribution in [0.5, 0.6) is 0 Å². The van der Waals surface area contributed by atoms with E-state index in [0.29, 0.717) is 19.0 Å². The number of halogens is 1. The van der Waals surface area contributed by atoms with E-state index in [1.807, 2.05) is 56.5 Å². The largest absolute Gasteiger partial charge is 0.444 e. The summed E-state index contributed by atoms with van der Waals surface area (Å²) in [5, 5.41) is 0.734. The third kappa shape index (κ3) is 5.59. The van der Waals surface area contributed by atoms with Crippen molar-refractivity contribution in [2.24, 2.45) is 5.92 Å². The van der Waals surface area contributed by atoms with Crippen molar-refractivity contribution in [1.29, 1.82) is 0 Å². The minimum atomic E-state index is -0.492. The van der Waals surface area contributed by atoms with Gasteiger partial charge < -0.3 is 14.2 Å². The number of allylic oxidation sites excluding steroid dienone is 1. The van der Waals surface area contributed by atoms with Gasteiger partial charge in [0, 0.05) is 48.7 Å². The molecule has 0 N–H and O–H groups in total. The number of rotatable bonds is 4. The van der Waals surface area contributed by atoms with Crippen molar-refractivity contribution in [1.82, 2.24) is 19.4 Å². The summed E-state index contributed by atoms with van der Waals surface area (Å²) < 4.78 is 7.81. The Morgan fingerprint density at radius 2 is 1.97 bits per heavy atom. The fourth-order valence-corrected chi connectivity index (χ4v) is 5.77. The molecular weight excluding hydrogens is 484 g/mol. The number of hydrogen-bond acceptors (Lipinski definition) is 4. The molecule has 6 nitrogen and oxygen atoms in total. The van der Waals surface area contributed by atoms with E-state index in [-0.39, 0.29) is 12.0 Å². The highest BCUT2D eigenvalue weighted by Gasteiger charge is 2.36. The second kappa shape index (κ2) is 10.3. The predicted molar refractivity (Wildman–Crippen MR) is 148 cm³/mol. The highest BCUT2D eigenvalue weighted by molar-refractivity contribution is 6.30. The van der Waals surface area contributed by atoms with Crippen LogP contribution in [0.3, 0.4) is 0 Å². The van der Waals surface area contributed by atoms with Crippen LogP contribution in [0.4, 0.5) is 4.79 Å². The molecule has 1 aliphatic heterocycles. The fourth-order valence-electron chi connectivity index (χ4n) is 5.59. The lowest BCUT2D eigenvalue weighted by atomic mass is 9.76. The van der Waals surface area contributed by atoms with Gasteiger partial charge in [-0.05, 0) is 93.3 Å². The number of amides is 1. The van der Waals surface area contributed by atoms with E-state index in [2.05, 4.69) is 40.7 Å². The van der Waals surface area contributed by atoms with Crippen LogP contribution in [-0.2, 0) is 11.3 Å². The van der Waals surface area contributed by atoms with E-state index in [4.69, 9.17) is 21.3 Å². The molecule has 3 aromatic rings. The number of aromatic nitrogens is 3. The second-order valence-electron chi connectivity index (χ2n) is 11.1. The average Bonchev–Trinajstić information content (AvgIpc) is 3.21. The first-order chi connectivity index (χ1) is 17.7. The topological polar surface area (TPSA) is 60.2 Å². The molecule has 1 amide bonds. The maximum absolute atomic E-state index is 12.7. The number of likely N-dealkylation sites (tertiary alicyclic amines) is 1. The standard InChI is InChI=1S/C30H35ClN4O2/c1-20-18-32-19-35(20)15-11-22-16-23-17-24(31)7-8-25(23)27(28-26(22)6-5-12-33-28)21-9-13-34(14-10-21)29(36)37-30(2,3)4/h5-8,12,16-19,21,27H,9-11,13-15H2,1-4H3. The Morgan fingerprint density at radius 3 is 2.68 bits per heavy atom. The van der Waals surface area contributed by atoms with Crippen molar-refractivity contribution in [3.8, 4) is 0 Å². The van der Waals surface area contributed by atoms with Crippen molar-refractivity contribution in [3.63, 3.8) is 0 Å². The average molecular weight is 519 g/mol. The number of imidazole rings is 1. The molecule has 37 heavy (non-hydrogen) atoms. The van der Waals surface area contributed by atoms with E-state index < -0.39 is 5.60 Å². The maximum Gasteiger partial charge on any atom is 0.410 e. The Kier molecular flexibility index (Phi) is 7.13. The molecule has 194 valence electrons. The highest BCUT2D eigenvalue weighted by Crippen LogP contribution is 2.45. The smallest absolute Gasteiger partial charge is 0.410 e. The van der Waals surface area contributed by atoms with Crippen LogP contribution in [0, 0.1) is 12.8 Å². The van der Waals surface area contributed by atoms with Gasteiger partial charge in [0.15, 0.2) is 0 Å². The zero-order chi connectivity index (χ0) is 26.2. The fraction of sp³-hybridized carbons (Fsp3) is 0.433. The quantitative estimate of drug-likeness (QED) is 0.374. The van der Waals surface area contributed by atoms with Crippen LogP contribution < -0.4 is 0 Å². The molecule has 2 aliphatic rings. The molecule has 0 bridgehead atoms. The molecule has 0 saturated carbocycles. The number of hydrogen-bond donors (Lipinski definition) is 0. The van der Waals surface area contributed by atoms with Crippen molar-refractivity contribution < 1.29 is 9.53 Å². The van der Waals surface area contributed by atoms with E-state index in [0.717, 1.165) is 47.8 Å². The van der Waals surface area contributed by atoms with Gasteiger partial charge in [-0.2, -0.15) is 0 Å². The van der Waals surface area contributed by atoms with Crippen LogP contribution in [0.15, 0.2) is 49.1 Å². The van der Waals surface area contributed by atoms with Crippen LogP contribution in [0.1, 0.15) is 74.0 Å². The SMILES string of the molecule is Cc1cncn1CCC1=Cc2cc(Cl)ccc2C(C2CCN(C(=O)OC(C)(C)C)CC2)c2ncccc21. The lowest BCUT2D eigenvalue weighted by Crippen LogP contribution is -2.42. The third-order valence-corrected chi connectivity index (χ3v) is 7.63. The number of fused-ring (bicyclic) bond motifs is 2. The number of carbonyl (C=O) groups is 1. The van der Waals surface area contributed by atoms with E-state index >= 15 is 0 Å². The summed E-state index contributed by atoms with van der Waals surface area (Å²) in [7, 11) is 0. The molecule has 5 rings (SSSR count). The molecular formula is C30H35ClN4O2. The Bertz CT molecular complexity index is 1320. The van der Waals surface area contributed by atoms with E-state index in [1.54, 1.807) is 0 Å². The number of ether oxygens (including phenoxy) is 1. The molecule has 0 spiro atoms. The van der Waals surface area contributed by atoms with Crippen molar-refractivity contribution in [2.45, 2.75) is 65.0 Å². The molecule has 7 heteroatoms. The Hall–Kier alpha value is -3.12. The number of aryl methyl sites for hydroxylation is 2. The molecule has 1 atom stereocenters. The Morgan fingerprint density at radius 1 is 1.19 bits per heavy atom. The summed E-state index contributed by atoms with van der Waals surface area (Å²) in [4.78, 5) is 23.8. The molecule has 1 saturated heterocycles. The molecule has 1 unspecified atom stereocenters. The summed E-state index contributed by atoms with van der Waals surface area (Å²) in [5.41, 5.74) is 6.65. The van der Waals surface area contributed by atoms with Crippen LogP contribution in [-0.4, -0.2) is 44.2 Å². The van der Waals surface area contributed by atoms with Gasteiger partial charge in [-0.3, -0.25) is 4.98 Å². The summed E-state index contributed by atoms with van der Waals surface area (Å²) in [5.74, 6) is 0.490. The molecule has 1 aromatic carbocycles. The first-order valence-corrected chi connectivity index (χ1v) is 13.5. The molecule has 2 aromatic heterocycles. The van der Waals surface area contributed by atoms with Gasteiger partial charge >= 0.3 is 6.09 Å².